The summed E-state index contributed by atoms with van der Waals surface area (Å²) in [5.41, 5.74) is 2.48. The summed E-state index contributed by atoms with van der Waals surface area (Å²) in [6.45, 7) is 2.97. The molecule has 0 amide bonds. The van der Waals surface area contributed by atoms with Gasteiger partial charge in [0.25, 0.3) is 0 Å². The fraction of sp³-hybridized carbons (Fsp3) is 0.174. The molecule has 0 bridgehead atoms. The van der Waals surface area contributed by atoms with E-state index in [4.69, 9.17) is 21.7 Å². The van der Waals surface area contributed by atoms with Crippen molar-refractivity contribution in [1.29, 1.82) is 0 Å². The molecular weight excluding hydrogens is 384 g/mol. The molecule has 2 N–H and O–H groups in total. The standard InChI is InChI=1S/C23H24N2O3S/c1-3-28-20-13-11-19(12-14-20)25(16-17-7-4-5-10-22(17)26)23(29)24-18-8-6-9-21(15-18)27-2/h4-15,26H,3,16H2,1-2H3,(H,24,29). The SMILES string of the molecule is CCOc1ccc(N(Cc2ccccc2O)C(=S)Nc2cccc(OC)c2)cc1. The number of anilines is 2. The lowest BCUT2D eigenvalue weighted by molar-refractivity contribution is 0.340. The number of ether oxygens (including phenoxy) is 2. The minimum absolute atomic E-state index is 0.229. The van der Waals surface area contributed by atoms with E-state index >= 15 is 0 Å². The van der Waals surface area contributed by atoms with E-state index in [0.29, 0.717) is 18.3 Å². The van der Waals surface area contributed by atoms with E-state index in [1.165, 1.54) is 0 Å². The number of thiocarbonyl (C=S) groups is 1. The van der Waals surface area contributed by atoms with Crippen molar-refractivity contribution >= 4 is 28.7 Å². The van der Waals surface area contributed by atoms with Crippen LogP contribution in [-0.2, 0) is 6.54 Å². The fourth-order valence-electron chi connectivity index (χ4n) is 2.88. The van der Waals surface area contributed by atoms with E-state index in [2.05, 4.69) is 5.32 Å². The smallest absolute Gasteiger partial charge is 0.178 e. The highest BCUT2D eigenvalue weighted by molar-refractivity contribution is 7.80. The van der Waals surface area contributed by atoms with Crippen LogP contribution in [0.15, 0.2) is 72.8 Å². The first-order valence-electron chi connectivity index (χ1n) is 9.33. The third-order valence-corrected chi connectivity index (χ3v) is 4.67. The van der Waals surface area contributed by atoms with Gasteiger partial charge in [0, 0.05) is 23.0 Å². The summed E-state index contributed by atoms with van der Waals surface area (Å²) in [4.78, 5) is 1.93. The third kappa shape index (κ3) is 5.39. The number of benzene rings is 3. The minimum atomic E-state index is 0.229. The van der Waals surface area contributed by atoms with E-state index in [1.807, 2.05) is 72.5 Å². The highest BCUT2D eigenvalue weighted by Crippen LogP contribution is 2.26. The molecule has 0 heterocycles. The summed E-state index contributed by atoms with van der Waals surface area (Å²) in [5.74, 6) is 1.77. The van der Waals surface area contributed by atoms with Crippen molar-refractivity contribution in [2.45, 2.75) is 13.5 Å². The molecule has 0 spiro atoms. The Bertz CT molecular complexity index is 960. The van der Waals surface area contributed by atoms with Crippen molar-refractivity contribution in [2.75, 3.05) is 23.9 Å². The lowest BCUT2D eigenvalue weighted by atomic mass is 10.1. The zero-order chi connectivity index (χ0) is 20.6. The summed E-state index contributed by atoms with van der Waals surface area (Å²) in [7, 11) is 1.63. The lowest BCUT2D eigenvalue weighted by Crippen LogP contribution is -2.34. The molecule has 0 unspecified atom stereocenters. The first-order valence-corrected chi connectivity index (χ1v) is 9.74. The van der Waals surface area contributed by atoms with Gasteiger partial charge in [-0.15, -0.1) is 0 Å². The van der Waals surface area contributed by atoms with Crippen LogP contribution in [-0.4, -0.2) is 23.9 Å². The first-order chi connectivity index (χ1) is 14.1. The van der Waals surface area contributed by atoms with Gasteiger partial charge in [0.05, 0.1) is 20.3 Å². The Labute approximate surface area is 176 Å². The number of aromatic hydroxyl groups is 1. The Morgan fingerprint density at radius 1 is 1.00 bits per heavy atom. The summed E-state index contributed by atoms with van der Waals surface area (Å²) in [6, 6.07) is 22.5. The second kappa shape index (κ2) is 9.80. The first kappa shape index (κ1) is 20.5. The molecular formula is C23H24N2O3S. The van der Waals surface area contributed by atoms with Crippen LogP contribution in [0.25, 0.3) is 0 Å². The molecule has 0 aliphatic rings. The Morgan fingerprint density at radius 2 is 1.76 bits per heavy atom. The molecule has 0 saturated heterocycles. The Morgan fingerprint density at radius 3 is 2.45 bits per heavy atom. The molecule has 0 saturated carbocycles. The molecule has 29 heavy (non-hydrogen) atoms. The van der Waals surface area contributed by atoms with Crippen LogP contribution in [0.4, 0.5) is 11.4 Å². The molecule has 0 aromatic heterocycles. The van der Waals surface area contributed by atoms with Crippen LogP contribution in [0.3, 0.4) is 0 Å². The summed E-state index contributed by atoms with van der Waals surface area (Å²) >= 11 is 5.71. The van der Waals surface area contributed by atoms with E-state index in [-0.39, 0.29) is 5.75 Å². The number of rotatable bonds is 7. The second-order valence-electron chi connectivity index (χ2n) is 6.30. The highest BCUT2D eigenvalue weighted by Gasteiger charge is 2.15. The van der Waals surface area contributed by atoms with Crippen molar-refractivity contribution in [2.24, 2.45) is 0 Å². The summed E-state index contributed by atoms with van der Waals surface area (Å²) in [6.07, 6.45) is 0. The van der Waals surface area contributed by atoms with Crippen LogP contribution >= 0.6 is 12.2 Å². The highest BCUT2D eigenvalue weighted by atomic mass is 32.1. The molecule has 5 nitrogen and oxygen atoms in total. The topological polar surface area (TPSA) is 54.0 Å². The minimum Gasteiger partial charge on any atom is -0.508 e. The molecule has 3 rings (SSSR count). The maximum absolute atomic E-state index is 10.2. The number of phenols is 1. The molecule has 0 aliphatic carbocycles. The zero-order valence-corrected chi connectivity index (χ0v) is 17.3. The molecule has 6 heteroatoms. The van der Waals surface area contributed by atoms with Crippen molar-refractivity contribution < 1.29 is 14.6 Å². The van der Waals surface area contributed by atoms with Gasteiger partial charge in [-0.1, -0.05) is 24.3 Å². The van der Waals surface area contributed by atoms with Gasteiger partial charge in [0.15, 0.2) is 5.11 Å². The quantitative estimate of drug-likeness (QED) is 0.524. The third-order valence-electron chi connectivity index (χ3n) is 4.35. The Kier molecular flexibility index (Phi) is 6.92. The predicted octanol–water partition coefficient (Wildman–Crippen LogP) is 5.20. The van der Waals surface area contributed by atoms with Crippen LogP contribution in [0, 0.1) is 0 Å². The van der Waals surface area contributed by atoms with Gasteiger partial charge < -0.3 is 24.8 Å². The molecule has 3 aromatic rings. The lowest BCUT2D eigenvalue weighted by Gasteiger charge is -2.27. The number of phenolic OH excluding ortho intramolecular Hbond substituents is 1. The van der Waals surface area contributed by atoms with E-state index < -0.39 is 0 Å². The fourth-order valence-corrected chi connectivity index (χ4v) is 3.16. The molecule has 150 valence electrons. The summed E-state index contributed by atoms with van der Waals surface area (Å²) < 4.78 is 10.8. The van der Waals surface area contributed by atoms with Gasteiger partial charge in [-0.25, -0.2) is 0 Å². The Balaban J connectivity index is 1.88. The normalized spacial score (nSPS) is 10.3. The van der Waals surface area contributed by atoms with Crippen molar-refractivity contribution in [1.82, 2.24) is 0 Å². The van der Waals surface area contributed by atoms with E-state index in [1.54, 1.807) is 19.2 Å². The average molecular weight is 409 g/mol. The number of methoxy groups -OCH3 is 1. The van der Waals surface area contributed by atoms with Gasteiger partial charge in [-0.05, 0) is 61.6 Å². The van der Waals surface area contributed by atoms with Gasteiger partial charge in [-0.3, -0.25) is 0 Å². The van der Waals surface area contributed by atoms with Crippen LogP contribution in [0.1, 0.15) is 12.5 Å². The number of nitrogens with zero attached hydrogens (tertiary/aromatic N) is 1. The number of nitrogens with one attached hydrogen (secondary N) is 1. The maximum Gasteiger partial charge on any atom is 0.178 e. The van der Waals surface area contributed by atoms with Crippen molar-refractivity contribution in [3.05, 3.63) is 78.4 Å². The number of hydrogen-bond donors (Lipinski definition) is 2. The number of para-hydroxylation sites is 1. The van der Waals surface area contributed by atoms with Crippen molar-refractivity contribution in [3.8, 4) is 17.2 Å². The molecule has 0 atom stereocenters. The maximum atomic E-state index is 10.2. The summed E-state index contributed by atoms with van der Waals surface area (Å²) in [5, 5.41) is 14.0. The molecule has 0 radical (unpaired) electrons. The van der Waals surface area contributed by atoms with Crippen LogP contribution < -0.4 is 19.7 Å². The van der Waals surface area contributed by atoms with Crippen LogP contribution in [0.5, 0.6) is 17.2 Å². The zero-order valence-electron chi connectivity index (χ0n) is 16.5. The van der Waals surface area contributed by atoms with Gasteiger partial charge in [-0.2, -0.15) is 0 Å². The Hall–Kier alpha value is -3.25. The molecule has 3 aromatic carbocycles. The predicted molar refractivity (Wildman–Crippen MR) is 121 cm³/mol. The molecule has 0 fully saturated rings. The van der Waals surface area contributed by atoms with Crippen molar-refractivity contribution in [3.63, 3.8) is 0 Å². The largest absolute Gasteiger partial charge is 0.508 e. The monoisotopic (exact) mass is 408 g/mol. The van der Waals surface area contributed by atoms with E-state index in [0.717, 1.165) is 28.4 Å². The van der Waals surface area contributed by atoms with Gasteiger partial charge >= 0.3 is 0 Å². The number of hydrogen-bond acceptors (Lipinski definition) is 4. The van der Waals surface area contributed by atoms with Gasteiger partial charge in [0.1, 0.15) is 17.2 Å². The second-order valence-corrected chi connectivity index (χ2v) is 6.69. The van der Waals surface area contributed by atoms with Gasteiger partial charge in [0.2, 0.25) is 0 Å². The average Bonchev–Trinajstić information content (AvgIpc) is 2.74. The van der Waals surface area contributed by atoms with E-state index in [9.17, 15) is 5.11 Å². The van der Waals surface area contributed by atoms with Crippen LogP contribution in [0.2, 0.25) is 0 Å². The molecule has 0 aliphatic heterocycles.